The second-order valence-electron chi connectivity index (χ2n) is 9.17. The number of fused-ring (bicyclic) bond motifs is 1. The fourth-order valence-electron chi connectivity index (χ4n) is 2.91. The number of nitrogens with zero attached hydrogens (tertiary/aromatic N) is 2. The molecule has 0 aliphatic carbocycles. The van der Waals surface area contributed by atoms with Crippen LogP contribution in [0.2, 0.25) is 18.1 Å². The lowest BCUT2D eigenvalue weighted by Crippen LogP contribution is -2.56. The van der Waals surface area contributed by atoms with E-state index in [-0.39, 0.29) is 17.2 Å². The lowest BCUT2D eigenvalue weighted by Gasteiger charge is -2.48. The fourth-order valence-corrected chi connectivity index (χ4v) is 4.53. The summed E-state index contributed by atoms with van der Waals surface area (Å²) in [5, 5.41) is 10.4. The van der Waals surface area contributed by atoms with Gasteiger partial charge in [0.1, 0.15) is 23.5 Å². The summed E-state index contributed by atoms with van der Waals surface area (Å²) in [4.78, 5) is 5.00. The summed E-state index contributed by atoms with van der Waals surface area (Å²) in [7, 11) is -2.05. The van der Waals surface area contributed by atoms with Crippen molar-refractivity contribution in [3.05, 3.63) is 29.3 Å². The van der Waals surface area contributed by atoms with Gasteiger partial charge in [0.05, 0.1) is 16.7 Å². The van der Waals surface area contributed by atoms with Gasteiger partial charge in [-0.05, 0) is 63.4 Å². The van der Waals surface area contributed by atoms with Crippen LogP contribution in [-0.4, -0.2) is 31.3 Å². The highest BCUT2D eigenvalue weighted by Crippen LogP contribution is 2.47. The van der Waals surface area contributed by atoms with Gasteiger partial charge >= 0.3 is 0 Å². The Balaban J connectivity index is 2.62. The van der Waals surface area contributed by atoms with Crippen molar-refractivity contribution in [3.63, 3.8) is 0 Å². The second kappa shape index (κ2) is 7.61. The van der Waals surface area contributed by atoms with Crippen molar-refractivity contribution in [2.45, 2.75) is 77.4 Å². The number of nitriles is 1. The van der Waals surface area contributed by atoms with Gasteiger partial charge in [-0.2, -0.15) is 5.26 Å². The van der Waals surface area contributed by atoms with E-state index in [0.717, 1.165) is 16.4 Å². The zero-order valence-electron chi connectivity index (χ0n) is 18.0. The van der Waals surface area contributed by atoms with E-state index in [1.54, 1.807) is 17.8 Å². The van der Waals surface area contributed by atoms with E-state index in [4.69, 9.17) is 14.2 Å². The molecular formula is C21H32N2O2SSi. The molecule has 0 saturated heterocycles. The predicted octanol–water partition coefficient (Wildman–Crippen LogP) is 5.94. The maximum Gasteiger partial charge on any atom is 0.192 e. The Morgan fingerprint density at radius 1 is 1.33 bits per heavy atom. The first kappa shape index (κ1) is 22.0. The largest absolute Gasteiger partial charge is 0.485 e. The number of rotatable bonds is 3. The topological polar surface area (TPSA) is 54.6 Å². The number of hydrogen-bond donors (Lipinski definition) is 0. The number of thioether (sulfide) groups is 1. The summed E-state index contributed by atoms with van der Waals surface area (Å²) in [6.07, 6.45) is 1.81. The van der Waals surface area contributed by atoms with Gasteiger partial charge in [0.15, 0.2) is 8.32 Å². The second-order valence-corrected chi connectivity index (χ2v) is 14.9. The Bertz CT molecular complexity index is 775. The van der Waals surface area contributed by atoms with Crippen molar-refractivity contribution < 1.29 is 9.16 Å². The third-order valence-electron chi connectivity index (χ3n) is 5.65. The van der Waals surface area contributed by atoms with Crippen LogP contribution in [0.5, 0.6) is 5.75 Å². The summed E-state index contributed by atoms with van der Waals surface area (Å²) in [5.74, 6) is 0.789. The highest BCUT2D eigenvalue weighted by molar-refractivity contribution is 8.13. The third-order valence-corrected chi connectivity index (χ3v) is 10.8. The summed E-state index contributed by atoms with van der Waals surface area (Å²) in [5.41, 5.74) is 1.03. The molecule has 0 spiro atoms. The van der Waals surface area contributed by atoms with Gasteiger partial charge in [0.25, 0.3) is 0 Å². The normalized spacial score (nSPS) is 22.6. The Morgan fingerprint density at radius 3 is 2.48 bits per heavy atom. The fraction of sp³-hybridized carbons (Fsp3) is 0.619. The molecule has 0 radical (unpaired) electrons. The van der Waals surface area contributed by atoms with Crippen LogP contribution in [0.15, 0.2) is 23.2 Å². The first-order valence-corrected chi connectivity index (χ1v) is 13.4. The Morgan fingerprint density at radius 2 is 1.96 bits per heavy atom. The molecule has 1 aliphatic heterocycles. The van der Waals surface area contributed by atoms with Crippen LogP contribution >= 0.6 is 11.8 Å². The van der Waals surface area contributed by atoms with E-state index in [1.165, 1.54) is 0 Å². The number of hydrogen-bond acceptors (Lipinski definition) is 5. The molecule has 27 heavy (non-hydrogen) atoms. The summed E-state index contributed by atoms with van der Waals surface area (Å²) < 4.78 is 13.2. The maximum absolute atomic E-state index is 9.36. The minimum absolute atomic E-state index is 0.0840. The molecule has 6 heteroatoms. The SMILES string of the molecule is CSC(C)=N[C@@H]1c2cc(C#N)ccc2OC(C)(C)[C@H]1O[Si](C)(C)C(C)(C)C. The number of benzene rings is 1. The molecular weight excluding hydrogens is 372 g/mol. The molecule has 1 aromatic carbocycles. The van der Waals surface area contributed by atoms with Crippen LogP contribution in [0.3, 0.4) is 0 Å². The molecule has 0 unspecified atom stereocenters. The Labute approximate surface area is 169 Å². The summed E-state index contributed by atoms with van der Waals surface area (Å²) >= 11 is 1.63. The smallest absolute Gasteiger partial charge is 0.192 e. The van der Waals surface area contributed by atoms with E-state index in [0.29, 0.717) is 5.56 Å². The van der Waals surface area contributed by atoms with Crippen LogP contribution < -0.4 is 4.74 Å². The van der Waals surface area contributed by atoms with Crippen molar-refractivity contribution in [3.8, 4) is 11.8 Å². The van der Waals surface area contributed by atoms with Gasteiger partial charge in [-0.3, -0.25) is 4.99 Å². The predicted molar refractivity (Wildman–Crippen MR) is 117 cm³/mol. The monoisotopic (exact) mass is 404 g/mol. The first-order valence-electron chi connectivity index (χ1n) is 9.31. The quantitative estimate of drug-likeness (QED) is 0.355. The maximum atomic E-state index is 9.36. The summed E-state index contributed by atoms with van der Waals surface area (Å²) in [6.45, 7) is 17.4. The molecule has 0 N–H and O–H groups in total. The molecule has 1 aliphatic rings. The van der Waals surface area contributed by atoms with Crippen LogP contribution in [-0.2, 0) is 4.43 Å². The molecule has 2 rings (SSSR count). The first-order chi connectivity index (χ1) is 12.3. The van der Waals surface area contributed by atoms with Gasteiger partial charge in [0, 0.05) is 5.56 Å². The van der Waals surface area contributed by atoms with E-state index in [2.05, 4.69) is 53.8 Å². The lowest BCUT2D eigenvalue weighted by molar-refractivity contribution is -0.0488. The van der Waals surface area contributed by atoms with Crippen molar-refractivity contribution in [2.24, 2.45) is 4.99 Å². The molecule has 0 bridgehead atoms. The molecule has 4 nitrogen and oxygen atoms in total. The molecule has 0 saturated carbocycles. The van der Waals surface area contributed by atoms with Gasteiger partial charge in [-0.25, -0.2) is 0 Å². The number of aliphatic imine (C=N–C) groups is 1. The van der Waals surface area contributed by atoms with Gasteiger partial charge in [0.2, 0.25) is 0 Å². The molecule has 1 heterocycles. The van der Waals surface area contributed by atoms with E-state index >= 15 is 0 Å². The third kappa shape index (κ3) is 4.59. The zero-order chi connectivity index (χ0) is 20.6. The summed E-state index contributed by atoms with van der Waals surface area (Å²) in [6, 6.07) is 7.61. The minimum atomic E-state index is -2.05. The zero-order valence-corrected chi connectivity index (χ0v) is 19.8. The van der Waals surface area contributed by atoms with Crippen LogP contribution in [0, 0.1) is 11.3 Å². The van der Waals surface area contributed by atoms with Crippen molar-refractivity contribution >= 4 is 25.1 Å². The van der Waals surface area contributed by atoms with E-state index in [1.807, 2.05) is 25.3 Å². The average molecular weight is 405 g/mol. The van der Waals surface area contributed by atoms with Crippen molar-refractivity contribution in [2.75, 3.05) is 6.26 Å². The van der Waals surface area contributed by atoms with Crippen LogP contribution in [0.25, 0.3) is 0 Å². The van der Waals surface area contributed by atoms with Crippen molar-refractivity contribution in [1.82, 2.24) is 0 Å². The van der Waals surface area contributed by atoms with Crippen LogP contribution in [0.1, 0.15) is 58.7 Å². The van der Waals surface area contributed by atoms with Crippen molar-refractivity contribution in [1.29, 1.82) is 5.26 Å². The van der Waals surface area contributed by atoms with Gasteiger partial charge in [-0.15, -0.1) is 11.8 Å². The highest BCUT2D eigenvalue weighted by atomic mass is 32.2. The Hall–Kier alpha value is -1.29. The molecule has 1 aromatic rings. The highest BCUT2D eigenvalue weighted by Gasteiger charge is 2.50. The Kier molecular flexibility index (Phi) is 6.20. The molecule has 0 amide bonds. The number of ether oxygens (including phenoxy) is 1. The molecule has 0 fully saturated rings. The van der Waals surface area contributed by atoms with E-state index < -0.39 is 13.9 Å². The van der Waals surface area contributed by atoms with Gasteiger partial charge < -0.3 is 9.16 Å². The molecule has 2 atom stereocenters. The van der Waals surface area contributed by atoms with E-state index in [9.17, 15) is 5.26 Å². The average Bonchev–Trinajstić information content (AvgIpc) is 2.56. The minimum Gasteiger partial charge on any atom is -0.485 e. The standard InChI is InChI=1S/C21H32N2O2SSi/c1-14(26-7)23-18-16-12-15(13-22)10-11-17(16)24-21(5,6)19(18)25-27(8,9)20(2,3)4/h10-12,18-19H,1-9H3/t18-,19+/m1/s1. The van der Waals surface area contributed by atoms with Crippen LogP contribution in [0.4, 0.5) is 0 Å². The molecule has 148 valence electrons. The molecule has 0 aromatic heterocycles. The lowest BCUT2D eigenvalue weighted by atomic mass is 9.86. The van der Waals surface area contributed by atoms with Gasteiger partial charge in [-0.1, -0.05) is 20.8 Å².